The van der Waals surface area contributed by atoms with Crippen LogP contribution >= 0.6 is 0 Å². The van der Waals surface area contributed by atoms with Gasteiger partial charge in [-0.3, -0.25) is 4.79 Å². The maximum atomic E-state index is 12.2. The van der Waals surface area contributed by atoms with Crippen molar-refractivity contribution < 1.29 is 4.79 Å². The molecule has 2 fully saturated rings. The summed E-state index contributed by atoms with van der Waals surface area (Å²) < 4.78 is 0. The van der Waals surface area contributed by atoms with Gasteiger partial charge in [-0.1, -0.05) is 47.0 Å². The minimum Gasteiger partial charge on any atom is -0.353 e. The van der Waals surface area contributed by atoms with E-state index in [4.69, 9.17) is 0 Å². The second kappa shape index (κ2) is 3.75. The van der Waals surface area contributed by atoms with Crippen molar-refractivity contribution in [3.8, 4) is 0 Å². The minimum absolute atomic E-state index is 0.172. The lowest BCUT2D eigenvalue weighted by Crippen LogP contribution is -2.38. The van der Waals surface area contributed by atoms with Crippen molar-refractivity contribution in [2.75, 3.05) is 0 Å². The quantitative estimate of drug-likeness (QED) is 0.765. The first kappa shape index (κ1) is 11.9. The second-order valence-corrected chi connectivity index (χ2v) is 6.72. The average Bonchev–Trinajstić information content (AvgIpc) is 2.58. The molecule has 0 atom stereocenters. The van der Waals surface area contributed by atoms with E-state index >= 15 is 0 Å². The Morgan fingerprint density at radius 3 is 1.94 bits per heavy atom. The molecule has 92 valence electrons. The summed E-state index contributed by atoms with van der Waals surface area (Å²) in [6, 6.07) is 0.452. The lowest BCUT2D eigenvalue weighted by molar-refractivity contribution is -0.124. The fraction of sp³-hybridized carbons (Fsp3) is 0.929. The summed E-state index contributed by atoms with van der Waals surface area (Å²) in [4.78, 5) is 12.2. The summed E-state index contributed by atoms with van der Waals surface area (Å²) in [7, 11) is 0. The highest BCUT2D eigenvalue weighted by molar-refractivity contribution is 5.84. The standard InChI is InChI=1S/C14H25NO/c1-13(2)11(14(13,3)4)12(16)15-10-8-6-5-7-9-10/h10-11H,5-9H2,1-4H3,(H,15,16). The van der Waals surface area contributed by atoms with Crippen LogP contribution in [0.2, 0.25) is 0 Å². The molecule has 2 saturated carbocycles. The van der Waals surface area contributed by atoms with Crippen molar-refractivity contribution in [2.45, 2.75) is 65.8 Å². The molecule has 2 aliphatic carbocycles. The average molecular weight is 223 g/mol. The van der Waals surface area contributed by atoms with Crippen molar-refractivity contribution in [1.82, 2.24) is 5.32 Å². The van der Waals surface area contributed by atoms with Crippen LogP contribution in [0.25, 0.3) is 0 Å². The van der Waals surface area contributed by atoms with Crippen molar-refractivity contribution in [2.24, 2.45) is 16.7 Å². The van der Waals surface area contributed by atoms with E-state index in [1.165, 1.54) is 32.1 Å². The maximum Gasteiger partial charge on any atom is 0.224 e. The third-order valence-corrected chi connectivity index (χ3v) is 5.23. The fourth-order valence-corrected chi connectivity index (χ4v) is 3.38. The maximum absolute atomic E-state index is 12.2. The topological polar surface area (TPSA) is 29.1 Å². The molecule has 2 nitrogen and oxygen atoms in total. The molecule has 0 aliphatic heterocycles. The Bertz CT molecular complexity index is 273. The Balaban J connectivity index is 1.90. The molecule has 0 spiro atoms. The van der Waals surface area contributed by atoms with Crippen molar-refractivity contribution in [3.63, 3.8) is 0 Å². The molecule has 16 heavy (non-hydrogen) atoms. The van der Waals surface area contributed by atoms with E-state index in [9.17, 15) is 4.79 Å². The Labute approximate surface area is 99.2 Å². The molecule has 0 unspecified atom stereocenters. The predicted molar refractivity (Wildman–Crippen MR) is 66.1 cm³/mol. The van der Waals surface area contributed by atoms with E-state index in [0.717, 1.165) is 0 Å². The number of carbonyl (C=O) groups excluding carboxylic acids is 1. The third kappa shape index (κ3) is 1.76. The van der Waals surface area contributed by atoms with E-state index < -0.39 is 0 Å². The van der Waals surface area contributed by atoms with Crippen LogP contribution in [0, 0.1) is 16.7 Å². The summed E-state index contributed by atoms with van der Waals surface area (Å²) >= 11 is 0. The van der Waals surface area contributed by atoms with Gasteiger partial charge in [-0.05, 0) is 23.7 Å². The molecule has 0 aromatic rings. The molecule has 2 aliphatic rings. The molecule has 0 saturated heterocycles. The molecular formula is C14H25NO. The second-order valence-electron chi connectivity index (χ2n) is 6.72. The summed E-state index contributed by atoms with van der Waals surface area (Å²) in [5, 5.41) is 3.25. The first-order chi connectivity index (χ1) is 7.37. The summed E-state index contributed by atoms with van der Waals surface area (Å²) in [6.07, 6.45) is 6.26. The van der Waals surface area contributed by atoms with Gasteiger partial charge in [0, 0.05) is 12.0 Å². The highest BCUT2D eigenvalue weighted by atomic mass is 16.2. The van der Waals surface area contributed by atoms with Crippen LogP contribution in [0.4, 0.5) is 0 Å². The van der Waals surface area contributed by atoms with Gasteiger partial charge in [-0.2, -0.15) is 0 Å². The van der Waals surface area contributed by atoms with Gasteiger partial charge >= 0.3 is 0 Å². The largest absolute Gasteiger partial charge is 0.353 e. The SMILES string of the molecule is CC1(C)C(C(=O)NC2CCCCC2)C1(C)C. The molecule has 2 heteroatoms. The molecule has 0 heterocycles. The lowest BCUT2D eigenvalue weighted by Gasteiger charge is -2.23. The van der Waals surface area contributed by atoms with Gasteiger partial charge in [0.25, 0.3) is 0 Å². The van der Waals surface area contributed by atoms with Gasteiger partial charge in [0.05, 0.1) is 0 Å². The fourth-order valence-electron chi connectivity index (χ4n) is 3.38. The molecule has 0 aromatic carbocycles. The van der Waals surface area contributed by atoms with E-state index in [1.807, 2.05) is 0 Å². The van der Waals surface area contributed by atoms with E-state index in [0.29, 0.717) is 11.9 Å². The molecule has 0 radical (unpaired) electrons. The number of carbonyl (C=O) groups is 1. The Hall–Kier alpha value is -0.530. The molecular weight excluding hydrogens is 198 g/mol. The molecule has 0 bridgehead atoms. The zero-order valence-corrected chi connectivity index (χ0v) is 11.1. The van der Waals surface area contributed by atoms with Crippen LogP contribution in [-0.4, -0.2) is 11.9 Å². The van der Waals surface area contributed by atoms with Crippen LogP contribution in [0.15, 0.2) is 0 Å². The molecule has 0 aromatic heterocycles. The minimum atomic E-state index is 0.172. The first-order valence-corrected chi connectivity index (χ1v) is 6.68. The zero-order valence-electron chi connectivity index (χ0n) is 11.1. The van der Waals surface area contributed by atoms with E-state index in [1.54, 1.807) is 0 Å². The Morgan fingerprint density at radius 2 is 1.50 bits per heavy atom. The third-order valence-electron chi connectivity index (χ3n) is 5.23. The summed E-state index contributed by atoms with van der Waals surface area (Å²) in [5.41, 5.74) is 0.345. The van der Waals surface area contributed by atoms with E-state index in [2.05, 4.69) is 33.0 Å². The van der Waals surface area contributed by atoms with Crippen LogP contribution < -0.4 is 5.32 Å². The molecule has 2 rings (SSSR count). The lowest BCUT2D eigenvalue weighted by atomic mass is 9.95. The van der Waals surface area contributed by atoms with Gasteiger partial charge < -0.3 is 5.32 Å². The normalized spacial score (nSPS) is 28.8. The predicted octanol–water partition coefficient (Wildman–Crippen LogP) is 3.12. The van der Waals surface area contributed by atoms with Crippen LogP contribution in [0.5, 0.6) is 0 Å². The first-order valence-electron chi connectivity index (χ1n) is 6.68. The highest BCUT2D eigenvalue weighted by Crippen LogP contribution is 2.68. The number of hydrogen-bond acceptors (Lipinski definition) is 1. The van der Waals surface area contributed by atoms with Gasteiger partial charge in [-0.25, -0.2) is 0 Å². The van der Waals surface area contributed by atoms with Crippen LogP contribution in [-0.2, 0) is 4.79 Å². The van der Waals surface area contributed by atoms with Crippen LogP contribution in [0.3, 0.4) is 0 Å². The number of nitrogens with one attached hydrogen (secondary N) is 1. The van der Waals surface area contributed by atoms with Gasteiger partial charge in [0.1, 0.15) is 0 Å². The number of amides is 1. The molecule has 1 amide bonds. The summed E-state index contributed by atoms with van der Waals surface area (Å²) in [6.45, 7) is 8.83. The van der Waals surface area contributed by atoms with Crippen molar-refractivity contribution in [1.29, 1.82) is 0 Å². The monoisotopic (exact) mass is 223 g/mol. The Kier molecular flexibility index (Phi) is 2.80. The number of rotatable bonds is 2. The Morgan fingerprint density at radius 1 is 1.00 bits per heavy atom. The van der Waals surface area contributed by atoms with Crippen LogP contribution in [0.1, 0.15) is 59.8 Å². The highest BCUT2D eigenvalue weighted by Gasteiger charge is 2.68. The summed E-state index contributed by atoms with van der Waals surface area (Å²) in [5.74, 6) is 0.504. The zero-order chi connectivity index (χ0) is 12.0. The van der Waals surface area contributed by atoms with E-state index in [-0.39, 0.29) is 16.7 Å². The number of hydrogen-bond donors (Lipinski definition) is 1. The van der Waals surface area contributed by atoms with Gasteiger partial charge in [0.2, 0.25) is 5.91 Å². The van der Waals surface area contributed by atoms with Crippen molar-refractivity contribution >= 4 is 5.91 Å². The van der Waals surface area contributed by atoms with Crippen molar-refractivity contribution in [3.05, 3.63) is 0 Å². The molecule has 1 N–H and O–H groups in total. The van der Waals surface area contributed by atoms with Gasteiger partial charge in [-0.15, -0.1) is 0 Å². The van der Waals surface area contributed by atoms with Gasteiger partial charge in [0.15, 0.2) is 0 Å². The smallest absolute Gasteiger partial charge is 0.224 e.